The zero-order valence-electron chi connectivity index (χ0n) is 23.9. The van der Waals surface area contributed by atoms with E-state index in [2.05, 4.69) is 21.9 Å². The molecule has 2 atom stereocenters. The van der Waals surface area contributed by atoms with E-state index < -0.39 is 41.6 Å². The molecule has 2 aromatic carbocycles. The number of esters is 1. The summed E-state index contributed by atoms with van der Waals surface area (Å²) < 4.78 is 10.1. The molecule has 216 valence electrons. The van der Waals surface area contributed by atoms with Crippen molar-refractivity contribution in [2.24, 2.45) is 0 Å². The van der Waals surface area contributed by atoms with Crippen molar-refractivity contribution in [2.75, 3.05) is 20.2 Å². The summed E-state index contributed by atoms with van der Waals surface area (Å²) in [5, 5.41) is 14.9. The summed E-state index contributed by atoms with van der Waals surface area (Å²) in [6.45, 7) is 12.2. The first-order valence-electron chi connectivity index (χ1n) is 12.9. The molecule has 0 saturated carbocycles. The number of amides is 3. The number of benzene rings is 2. The van der Waals surface area contributed by atoms with Crippen LogP contribution in [-0.2, 0) is 30.3 Å². The van der Waals surface area contributed by atoms with Gasteiger partial charge in [0.2, 0.25) is 11.8 Å². The number of rotatable bonds is 11. The molecule has 3 amide bonds. The average Bonchev–Trinajstić information content (AvgIpc) is 2.87. The number of aryl methyl sites for hydroxylation is 2. The lowest BCUT2D eigenvalue weighted by Crippen LogP contribution is -2.54. The molecular weight excluding hydrogens is 514 g/mol. The molecule has 0 aliphatic carbocycles. The SMILES string of the molecule is C=CCN(C(=O)C(Cc1ccc(O)cc1)NC(=O)OC(C)(C)C)C(C(=O)NCC(=O)OC)c1ccc(C)cc1C. The van der Waals surface area contributed by atoms with Gasteiger partial charge >= 0.3 is 12.1 Å². The van der Waals surface area contributed by atoms with Crippen LogP contribution in [0.3, 0.4) is 0 Å². The smallest absolute Gasteiger partial charge is 0.408 e. The van der Waals surface area contributed by atoms with Gasteiger partial charge in [-0.2, -0.15) is 0 Å². The van der Waals surface area contributed by atoms with Crippen LogP contribution in [0.25, 0.3) is 0 Å². The number of ether oxygens (including phenoxy) is 2. The fourth-order valence-electron chi connectivity index (χ4n) is 4.09. The van der Waals surface area contributed by atoms with Gasteiger partial charge in [0, 0.05) is 13.0 Å². The molecule has 0 aromatic heterocycles. The highest BCUT2D eigenvalue weighted by atomic mass is 16.6. The minimum atomic E-state index is -1.15. The van der Waals surface area contributed by atoms with Crippen LogP contribution in [0, 0.1) is 13.8 Å². The number of hydrogen-bond acceptors (Lipinski definition) is 7. The fourth-order valence-corrected chi connectivity index (χ4v) is 4.09. The molecule has 0 aliphatic heterocycles. The molecule has 0 aliphatic rings. The highest BCUT2D eigenvalue weighted by Crippen LogP contribution is 2.27. The van der Waals surface area contributed by atoms with Crippen LogP contribution in [-0.4, -0.2) is 65.7 Å². The molecule has 3 N–H and O–H groups in total. The molecule has 0 radical (unpaired) electrons. The lowest BCUT2D eigenvalue weighted by Gasteiger charge is -2.34. The van der Waals surface area contributed by atoms with Crippen molar-refractivity contribution < 1.29 is 33.8 Å². The van der Waals surface area contributed by atoms with E-state index in [0.717, 1.165) is 11.1 Å². The van der Waals surface area contributed by atoms with Crippen molar-refractivity contribution in [3.05, 3.63) is 77.4 Å². The first-order valence-corrected chi connectivity index (χ1v) is 12.9. The number of alkyl carbamates (subject to hydrolysis) is 1. The summed E-state index contributed by atoms with van der Waals surface area (Å²) in [5.74, 6) is -1.77. The number of nitrogens with one attached hydrogen (secondary N) is 2. The van der Waals surface area contributed by atoms with Gasteiger partial charge < -0.3 is 30.1 Å². The van der Waals surface area contributed by atoms with Crippen LogP contribution >= 0.6 is 0 Å². The Kier molecular flexibility index (Phi) is 11.3. The van der Waals surface area contributed by atoms with Crippen LogP contribution < -0.4 is 10.6 Å². The first-order chi connectivity index (χ1) is 18.7. The highest BCUT2D eigenvalue weighted by Gasteiger charge is 2.36. The second-order valence-corrected chi connectivity index (χ2v) is 10.4. The van der Waals surface area contributed by atoms with Gasteiger partial charge in [-0.15, -0.1) is 6.58 Å². The van der Waals surface area contributed by atoms with Crippen LogP contribution in [0.15, 0.2) is 55.1 Å². The van der Waals surface area contributed by atoms with Gasteiger partial charge in [0.25, 0.3) is 0 Å². The second-order valence-electron chi connectivity index (χ2n) is 10.4. The quantitative estimate of drug-likeness (QED) is 0.286. The van der Waals surface area contributed by atoms with Crippen molar-refractivity contribution in [3.8, 4) is 5.75 Å². The maximum absolute atomic E-state index is 14.2. The number of phenolic OH excluding ortho intramolecular Hbond substituents is 1. The molecule has 10 nitrogen and oxygen atoms in total. The van der Waals surface area contributed by atoms with Crippen molar-refractivity contribution >= 4 is 23.9 Å². The molecule has 0 fully saturated rings. The Morgan fingerprint density at radius 1 is 1.07 bits per heavy atom. The molecule has 10 heteroatoms. The second kappa shape index (κ2) is 14.2. The maximum Gasteiger partial charge on any atom is 0.408 e. The zero-order valence-corrected chi connectivity index (χ0v) is 23.9. The van der Waals surface area contributed by atoms with Gasteiger partial charge in [-0.05, 0) is 63.4 Å². The number of phenols is 1. The number of hydrogen-bond donors (Lipinski definition) is 3. The Balaban J connectivity index is 2.56. The highest BCUT2D eigenvalue weighted by molar-refractivity contribution is 5.93. The Morgan fingerprint density at radius 2 is 1.73 bits per heavy atom. The van der Waals surface area contributed by atoms with E-state index in [1.807, 2.05) is 26.0 Å². The summed E-state index contributed by atoms with van der Waals surface area (Å²) in [6, 6.07) is 9.40. The Labute approximate surface area is 235 Å². The molecular formula is C30H39N3O7. The zero-order chi connectivity index (χ0) is 30.0. The molecule has 40 heavy (non-hydrogen) atoms. The van der Waals surface area contributed by atoms with Crippen molar-refractivity contribution in [2.45, 2.75) is 58.7 Å². The topological polar surface area (TPSA) is 134 Å². The summed E-state index contributed by atoms with van der Waals surface area (Å²) in [5.41, 5.74) is 2.11. The summed E-state index contributed by atoms with van der Waals surface area (Å²) in [4.78, 5) is 53.6. The van der Waals surface area contributed by atoms with Crippen LogP contribution in [0.1, 0.15) is 49.1 Å². The molecule has 0 saturated heterocycles. The molecule has 2 rings (SSSR count). The van der Waals surface area contributed by atoms with Crippen LogP contribution in [0.2, 0.25) is 0 Å². The minimum absolute atomic E-state index is 0.0372. The van der Waals surface area contributed by atoms with Crippen molar-refractivity contribution in [1.82, 2.24) is 15.5 Å². The lowest BCUT2D eigenvalue weighted by molar-refractivity contribution is -0.144. The predicted molar refractivity (Wildman–Crippen MR) is 151 cm³/mol. The van der Waals surface area contributed by atoms with Gasteiger partial charge in [-0.3, -0.25) is 14.4 Å². The van der Waals surface area contributed by atoms with E-state index >= 15 is 0 Å². The molecule has 0 heterocycles. The molecule has 2 unspecified atom stereocenters. The molecule has 0 spiro atoms. The van der Waals surface area contributed by atoms with Gasteiger partial charge in [0.15, 0.2) is 0 Å². The monoisotopic (exact) mass is 553 g/mol. The number of aromatic hydroxyl groups is 1. The van der Waals surface area contributed by atoms with Crippen molar-refractivity contribution in [1.29, 1.82) is 0 Å². The van der Waals surface area contributed by atoms with Gasteiger partial charge in [0.1, 0.15) is 30.0 Å². The summed E-state index contributed by atoms with van der Waals surface area (Å²) >= 11 is 0. The number of methoxy groups -OCH3 is 1. The number of carbonyl (C=O) groups excluding carboxylic acids is 4. The van der Waals surface area contributed by atoms with E-state index in [0.29, 0.717) is 11.1 Å². The number of carbonyl (C=O) groups is 4. The average molecular weight is 554 g/mol. The van der Waals surface area contributed by atoms with E-state index in [9.17, 15) is 24.3 Å². The summed E-state index contributed by atoms with van der Waals surface area (Å²) in [7, 11) is 1.21. The van der Waals surface area contributed by atoms with E-state index in [1.165, 1.54) is 30.2 Å². The third kappa shape index (κ3) is 9.44. The fraction of sp³-hybridized carbons (Fsp3) is 0.400. The van der Waals surface area contributed by atoms with E-state index in [4.69, 9.17) is 4.74 Å². The predicted octanol–water partition coefficient (Wildman–Crippen LogP) is 3.49. The maximum atomic E-state index is 14.2. The Morgan fingerprint density at radius 3 is 2.27 bits per heavy atom. The first kappa shape index (κ1) is 31.9. The largest absolute Gasteiger partial charge is 0.508 e. The van der Waals surface area contributed by atoms with Crippen LogP contribution in [0.4, 0.5) is 4.79 Å². The molecule has 0 bridgehead atoms. The van der Waals surface area contributed by atoms with E-state index in [1.54, 1.807) is 39.0 Å². The lowest BCUT2D eigenvalue weighted by atomic mass is 9.95. The molecule has 2 aromatic rings. The van der Waals surface area contributed by atoms with E-state index in [-0.39, 0.29) is 25.3 Å². The number of nitrogens with zero attached hydrogens (tertiary/aromatic N) is 1. The van der Waals surface area contributed by atoms with Crippen molar-refractivity contribution in [3.63, 3.8) is 0 Å². The van der Waals surface area contributed by atoms with Gasteiger partial charge in [0.05, 0.1) is 7.11 Å². The summed E-state index contributed by atoms with van der Waals surface area (Å²) in [6.07, 6.45) is 0.726. The third-order valence-electron chi connectivity index (χ3n) is 5.89. The van der Waals surface area contributed by atoms with Crippen LogP contribution in [0.5, 0.6) is 5.75 Å². The van der Waals surface area contributed by atoms with Gasteiger partial charge in [-0.25, -0.2) is 4.79 Å². The standard InChI is InChI=1S/C30H39N3O7/c1-8-15-33(26(27(36)31-18-25(35)39-7)23-14-9-19(2)16-20(23)3)28(37)24(32-29(38)40-30(4,5)6)17-21-10-12-22(34)13-11-21/h8-14,16,24,26,34H,1,15,17-18H2,2-7H3,(H,31,36)(H,32,38). The van der Waals surface area contributed by atoms with Gasteiger partial charge in [-0.1, -0.05) is 42.0 Å². The Bertz CT molecular complexity index is 1220. The third-order valence-corrected chi connectivity index (χ3v) is 5.89. The Hall–Kier alpha value is -4.34. The normalized spacial score (nSPS) is 12.4. The minimum Gasteiger partial charge on any atom is -0.508 e.